The van der Waals surface area contributed by atoms with Gasteiger partial charge in [0.05, 0.1) is 5.69 Å². The lowest BCUT2D eigenvalue weighted by molar-refractivity contribution is 1.29. The lowest BCUT2D eigenvalue weighted by atomic mass is 9.84. The van der Waals surface area contributed by atoms with Gasteiger partial charge in [-0.25, -0.2) is 0 Å². The molecular formula is C56H37NS. The summed E-state index contributed by atoms with van der Waals surface area (Å²) in [6.45, 7) is 0. The first-order chi connectivity index (χ1) is 28.8. The van der Waals surface area contributed by atoms with E-state index < -0.39 is 0 Å². The van der Waals surface area contributed by atoms with Crippen LogP contribution in [0, 0.1) is 0 Å². The molecule has 1 heterocycles. The van der Waals surface area contributed by atoms with Gasteiger partial charge >= 0.3 is 0 Å². The Morgan fingerprint density at radius 1 is 0.276 bits per heavy atom. The van der Waals surface area contributed by atoms with Crippen molar-refractivity contribution in [1.29, 1.82) is 0 Å². The van der Waals surface area contributed by atoms with Crippen LogP contribution in [0.25, 0.3) is 86.2 Å². The van der Waals surface area contributed by atoms with Crippen LogP contribution < -0.4 is 4.90 Å². The SMILES string of the molecule is c1ccc(-c2ccccc2N(c2cccc(-c3ccc4c(c3)c(-c3ccccc3)c(-c3ccccc3)c3ccccc34)c2)c2ccc3c(c2)sc2ccccc23)cc1. The van der Waals surface area contributed by atoms with Gasteiger partial charge in [0.1, 0.15) is 0 Å². The Labute approximate surface area is 342 Å². The standard InChI is InChI=1S/C56H37NS/c1-4-17-38(18-5-1)45-25-12-14-29-52(45)57(44-32-34-49-48-27-13-15-30-53(48)58-54(49)37-44)43-24-16-23-41(35-43)42-31-33-47-46-26-10-11-28-50(46)55(39-19-6-2-7-20-39)56(51(47)36-42)40-21-8-3-9-22-40/h1-37H. The Hall–Kier alpha value is -7.26. The topological polar surface area (TPSA) is 3.24 Å². The molecule has 0 saturated carbocycles. The van der Waals surface area contributed by atoms with Gasteiger partial charge in [-0.1, -0.05) is 182 Å². The van der Waals surface area contributed by atoms with E-state index in [1.165, 1.54) is 80.7 Å². The number of rotatable bonds is 7. The van der Waals surface area contributed by atoms with Crippen molar-refractivity contribution >= 4 is 70.1 Å². The van der Waals surface area contributed by atoms with E-state index >= 15 is 0 Å². The highest BCUT2D eigenvalue weighted by atomic mass is 32.1. The normalized spacial score (nSPS) is 11.4. The first-order valence-corrected chi connectivity index (χ1v) is 20.7. The van der Waals surface area contributed by atoms with Crippen LogP contribution in [-0.2, 0) is 0 Å². The van der Waals surface area contributed by atoms with Crippen LogP contribution in [0.3, 0.4) is 0 Å². The summed E-state index contributed by atoms with van der Waals surface area (Å²) in [5.41, 5.74) is 13.0. The fourth-order valence-corrected chi connectivity index (χ4v) is 9.96. The van der Waals surface area contributed by atoms with Gasteiger partial charge in [-0.05, 0) is 103 Å². The number of benzene rings is 10. The third kappa shape index (κ3) is 5.86. The Balaban J connectivity index is 1.14. The number of fused-ring (bicyclic) bond motifs is 6. The van der Waals surface area contributed by atoms with Gasteiger partial charge in [-0.3, -0.25) is 0 Å². The van der Waals surface area contributed by atoms with Crippen molar-refractivity contribution < 1.29 is 0 Å². The zero-order valence-electron chi connectivity index (χ0n) is 31.7. The van der Waals surface area contributed by atoms with Crippen LogP contribution in [0.5, 0.6) is 0 Å². The monoisotopic (exact) mass is 755 g/mol. The minimum atomic E-state index is 1.10. The molecule has 0 aliphatic carbocycles. The first-order valence-electron chi connectivity index (χ1n) is 19.8. The Morgan fingerprint density at radius 3 is 1.55 bits per heavy atom. The van der Waals surface area contributed by atoms with E-state index in [1.54, 1.807) is 0 Å². The molecule has 10 aromatic carbocycles. The van der Waals surface area contributed by atoms with E-state index in [0.29, 0.717) is 0 Å². The number of hydrogen-bond donors (Lipinski definition) is 0. The summed E-state index contributed by atoms with van der Waals surface area (Å²) in [5.74, 6) is 0. The summed E-state index contributed by atoms with van der Waals surface area (Å²) in [7, 11) is 0. The second-order valence-corrected chi connectivity index (χ2v) is 15.9. The van der Waals surface area contributed by atoms with Crippen LogP contribution in [0.2, 0.25) is 0 Å². The Kier molecular flexibility index (Phi) is 8.42. The molecule has 0 saturated heterocycles. The quantitative estimate of drug-likeness (QED) is 0.146. The molecule has 2 heteroatoms. The predicted octanol–water partition coefficient (Wildman–Crippen LogP) is 16.5. The highest BCUT2D eigenvalue weighted by Gasteiger charge is 2.21. The predicted molar refractivity (Wildman–Crippen MR) is 251 cm³/mol. The van der Waals surface area contributed by atoms with Crippen molar-refractivity contribution in [3.05, 3.63) is 224 Å². The van der Waals surface area contributed by atoms with E-state index in [1.807, 2.05) is 11.3 Å². The molecule has 1 nitrogen and oxygen atoms in total. The number of para-hydroxylation sites is 1. The number of nitrogens with zero attached hydrogens (tertiary/aromatic N) is 1. The second kappa shape index (κ2) is 14.4. The van der Waals surface area contributed by atoms with Crippen LogP contribution in [0.1, 0.15) is 0 Å². The molecule has 0 aliphatic rings. The molecule has 0 aliphatic heterocycles. The lowest BCUT2D eigenvalue weighted by Gasteiger charge is -2.28. The Morgan fingerprint density at radius 2 is 0.793 bits per heavy atom. The molecule has 0 amide bonds. The molecule has 0 spiro atoms. The van der Waals surface area contributed by atoms with E-state index in [9.17, 15) is 0 Å². The van der Waals surface area contributed by atoms with Crippen molar-refractivity contribution in [3.63, 3.8) is 0 Å². The molecule has 0 unspecified atom stereocenters. The molecule has 272 valence electrons. The van der Waals surface area contributed by atoms with Gasteiger partial charge in [0.15, 0.2) is 0 Å². The highest BCUT2D eigenvalue weighted by molar-refractivity contribution is 7.25. The van der Waals surface area contributed by atoms with Crippen molar-refractivity contribution in [3.8, 4) is 44.5 Å². The van der Waals surface area contributed by atoms with Crippen LogP contribution in [0.4, 0.5) is 17.1 Å². The summed E-state index contributed by atoms with van der Waals surface area (Å²) >= 11 is 1.86. The molecule has 1 aromatic heterocycles. The zero-order chi connectivity index (χ0) is 38.4. The van der Waals surface area contributed by atoms with Crippen molar-refractivity contribution in [2.24, 2.45) is 0 Å². The summed E-state index contributed by atoms with van der Waals surface area (Å²) in [4.78, 5) is 2.44. The average molecular weight is 756 g/mol. The van der Waals surface area contributed by atoms with Crippen molar-refractivity contribution in [2.75, 3.05) is 4.90 Å². The average Bonchev–Trinajstić information content (AvgIpc) is 3.68. The van der Waals surface area contributed by atoms with E-state index in [4.69, 9.17) is 0 Å². The van der Waals surface area contributed by atoms with Crippen molar-refractivity contribution in [2.45, 2.75) is 0 Å². The summed E-state index contributed by atoms with van der Waals surface area (Å²) in [6, 6.07) is 82.0. The first kappa shape index (κ1) is 34.0. The molecule has 0 radical (unpaired) electrons. The second-order valence-electron chi connectivity index (χ2n) is 14.8. The molecule has 58 heavy (non-hydrogen) atoms. The summed E-state index contributed by atoms with van der Waals surface area (Å²) < 4.78 is 2.59. The van der Waals surface area contributed by atoms with E-state index in [2.05, 4.69) is 229 Å². The minimum Gasteiger partial charge on any atom is -0.310 e. The number of anilines is 3. The van der Waals surface area contributed by atoms with Gasteiger partial charge in [0.25, 0.3) is 0 Å². The zero-order valence-corrected chi connectivity index (χ0v) is 32.5. The minimum absolute atomic E-state index is 1.10. The highest BCUT2D eigenvalue weighted by Crippen LogP contribution is 2.47. The van der Waals surface area contributed by atoms with Gasteiger partial charge in [-0.2, -0.15) is 0 Å². The van der Waals surface area contributed by atoms with Gasteiger partial charge in [0.2, 0.25) is 0 Å². The van der Waals surface area contributed by atoms with Gasteiger partial charge in [0, 0.05) is 37.1 Å². The molecule has 0 bridgehead atoms. The van der Waals surface area contributed by atoms with E-state index in [0.717, 1.165) is 22.6 Å². The maximum absolute atomic E-state index is 2.44. The molecule has 0 atom stereocenters. The Bertz CT molecular complexity index is 3270. The lowest BCUT2D eigenvalue weighted by Crippen LogP contribution is -2.11. The molecular weight excluding hydrogens is 719 g/mol. The van der Waals surface area contributed by atoms with E-state index in [-0.39, 0.29) is 0 Å². The van der Waals surface area contributed by atoms with Gasteiger partial charge in [-0.15, -0.1) is 11.3 Å². The van der Waals surface area contributed by atoms with Gasteiger partial charge < -0.3 is 4.90 Å². The fourth-order valence-electron chi connectivity index (χ4n) is 8.82. The molecule has 0 fully saturated rings. The fraction of sp³-hybridized carbons (Fsp3) is 0. The number of hydrogen-bond acceptors (Lipinski definition) is 2. The van der Waals surface area contributed by atoms with Crippen LogP contribution in [0.15, 0.2) is 224 Å². The van der Waals surface area contributed by atoms with Crippen LogP contribution >= 0.6 is 11.3 Å². The summed E-state index contributed by atoms with van der Waals surface area (Å²) in [5, 5.41) is 7.62. The molecule has 11 rings (SSSR count). The smallest absolute Gasteiger partial charge is 0.0540 e. The molecule has 11 aromatic rings. The number of thiophene rings is 1. The maximum Gasteiger partial charge on any atom is 0.0540 e. The summed E-state index contributed by atoms with van der Waals surface area (Å²) in [6.07, 6.45) is 0. The maximum atomic E-state index is 2.44. The largest absolute Gasteiger partial charge is 0.310 e. The van der Waals surface area contributed by atoms with Crippen LogP contribution in [-0.4, -0.2) is 0 Å². The third-order valence-electron chi connectivity index (χ3n) is 11.4. The van der Waals surface area contributed by atoms with Crippen molar-refractivity contribution in [1.82, 2.24) is 0 Å². The third-order valence-corrected chi connectivity index (χ3v) is 12.6. The molecule has 0 N–H and O–H groups in total.